The molecule has 1 amide bonds. The first-order valence-electron chi connectivity index (χ1n) is 11.2. The summed E-state index contributed by atoms with van der Waals surface area (Å²) in [5.41, 5.74) is 0.678. The minimum Gasteiger partial charge on any atom is -0.493 e. The van der Waals surface area contributed by atoms with E-state index in [1.165, 1.54) is 7.11 Å². The van der Waals surface area contributed by atoms with Crippen LogP contribution in [0.25, 0.3) is 0 Å². The number of nitrogens with zero attached hydrogens (tertiary/aromatic N) is 4. The maximum atomic E-state index is 15.1. The molecule has 166 valence electrons. The monoisotopic (exact) mass is 428 g/mol. The molecule has 8 nitrogen and oxygen atoms in total. The molecule has 31 heavy (non-hydrogen) atoms. The van der Waals surface area contributed by atoms with Gasteiger partial charge in [0.25, 0.3) is 5.95 Å². The quantitative estimate of drug-likeness (QED) is 0.734. The predicted octanol–water partition coefficient (Wildman–Crippen LogP) is 2.68. The van der Waals surface area contributed by atoms with Crippen LogP contribution in [-0.4, -0.2) is 52.8 Å². The summed E-state index contributed by atoms with van der Waals surface area (Å²) in [5, 5.41) is 17.6. The normalized spacial score (nSPS) is 25.1. The number of rotatable bonds is 6. The zero-order chi connectivity index (χ0) is 21.6. The molecule has 2 aromatic rings. The summed E-state index contributed by atoms with van der Waals surface area (Å²) < 4.78 is 20.6. The molecule has 2 aliphatic carbocycles. The number of benzene rings is 1. The predicted molar refractivity (Wildman–Crippen MR) is 113 cm³/mol. The molecular weight excluding hydrogens is 399 g/mol. The first-order valence-corrected chi connectivity index (χ1v) is 11.2. The maximum absolute atomic E-state index is 15.1. The number of tetrazole rings is 1. The molecule has 0 radical (unpaired) electrons. The van der Waals surface area contributed by atoms with Gasteiger partial charge in [0.1, 0.15) is 0 Å². The largest absolute Gasteiger partial charge is 0.493 e. The minimum atomic E-state index is -0.708. The fourth-order valence-electron chi connectivity index (χ4n) is 4.91. The molecule has 1 aliphatic heterocycles. The number of hydrogen-bond acceptors (Lipinski definition) is 6. The standard InChI is InChI=1S/C22H29FN6O2/c1-13-7-10-29(21-25-27-28-26-21)12-15(11-13)24-20(30)22(8-9-22)17-6-5-16(14-3-4-14)18(23)19(17)31-2/h5-6,13-15H,3-4,7-12H2,1-2H3,(H,24,30)(H,25,26,27,28). The van der Waals surface area contributed by atoms with Gasteiger partial charge in [0.05, 0.1) is 12.5 Å². The van der Waals surface area contributed by atoms with Gasteiger partial charge in [-0.1, -0.05) is 24.2 Å². The number of H-pyrrole nitrogens is 1. The van der Waals surface area contributed by atoms with Crippen molar-refractivity contribution in [2.24, 2.45) is 5.92 Å². The van der Waals surface area contributed by atoms with E-state index in [4.69, 9.17) is 4.74 Å². The first-order chi connectivity index (χ1) is 15.0. The van der Waals surface area contributed by atoms with E-state index in [9.17, 15) is 4.79 Å². The highest BCUT2D eigenvalue weighted by Crippen LogP contribution is 2.54. The Kier molecular flexibility index (Phi) is 5.06. The van der Waals surface area contributed by atoms with Crippen LogP contribution < -0.4 is 15.0 Å². The molecule has 1 saturated heterocycles. The summed E-state index contributed by atoms with van der Waals surface area (Å²) in [7, 11) is 1.49. The number of anilines is 1. The van der Waals surface area contributed by atoms with Crippen molar-refractivity contribution in [2.75, 3.05) is 25.1 Å². The van der Waals surface area contributed by atoms with Crippen LogP contribution in [0, 0.1) is 11.7 Å². The molecule has 2 saturated carbocycles. The number of nitrogens with one attached hydrogen (secondary N) is 2. The molecule has 0 spiro atoms. The number of halogens is 1. The van der Waals surface area contributed by atoms with Gasteiger partial charge >= 0.3 is 0 Å². The van der Waals surface area contributed by atoms with Gasteiger partial charge in [-0.05, 0) is 61.1 Å². The number of carbonyl (C=O) groups is 1. The summed E-state index contributed by atoms with van der Waals surface area (Å²) in [5.74, 6) is 1.19. The van der Waals surface area contributed by atoms with E-state index in [1.54, 1.807) is 0 Å². The van der Waals surface area contributed by atoms with Crippen molar-refractivity contribution in [3.63, 3.8) is 0 Å². The second-order valence-electron chi connectivity index (χ2n) is 9.36. The van der Waals surface area contributed by atoms with E-state index < -0.39 is 5.41 Å². The van der Waals surface area contributed by atoms with Gasteiger partial charge in [0.2, 0.25) is 5.91 Å². The lowest BCUT2D eigenvalue weighted by atomic mass is 9.91. The molecule has 5 rings (SSSR count). The van der Waals surface area contributed by atoms with Gasteiger partial charge in [0, 0.05) is 24.7 Å². The average Bonchev–Trinajstić information content (AvgIpc) is 3.68. The van der Waals surface area contributed by atoms with E-state index in [1.807, 2.05) is 12.1 Å². The Bertz CT molecular complexity index is 957. The Balaban J connectivity index is 1.36. The van der Waals surface area contributed by atoms with Crippen LogP contribution in [0.5, 0.6) is 5.75 Å². The van der Waals surface area contributed by atoms with Crippen LogP contribution in [0.4, 0.5) is 10.3 Å². The van der Waals surface area contributed by atoms with Gasteiger partial charge < -0.3 is 15.0 Å². The second kappa shape index (κ2) is 7.76. The van der Waals surface area contributed by atoms with Gasteiger partial charge in [0.15, 0.2) is 11.6 Å². The fraction of sp³-hybridized carbons (Fsp3) is 0.636. The Morgan fingerprint density at radius 3 is 2.77 bits per heavy atom. The van der Waals surface area contributed by atoms with E-state index in [0.29, 0.717) is 42.4 Å². The zero-order valence-electron chi connectivity index (χ0n) is 18.0. The van der Waals surface area contributed by atoms with Crippen molar-refractivity contribution in [2.45, 2.75) is 62.8 Å². The summed E-state index contributed by atoms with van der Waals surface area (Å²) in [4.78, 5) is 15.5. The second-order valence-corrected chi connectivity index (χ2v) is 9.36. The number of carbonyl (C=O) groups excluding carboxylic acids is 1. The SMILES string of the molecule is COc1c(C2(C(=O)NC3CC(C)CCN(c4nn[nH]n4)C3)CC2)ccc(C2CC2)c1F. The van der Waals surface area contributed by atoms with E-state index in [0.717, 1.165) is 32.2 Å². The van der Waals surface area contributed by atoms with Gasteiger partial charge in [-0.15, -0.1) is 5.10 Å². The lowest BCUT2D eigenvalue weighted by Crippen LogP contribution is -2.47. The van der Waals surface area contributed by atoms with Crippen LogP contribution >= 0.6 is 0 Å². The number of aromatic nitrogens is 4. The summed E-state index contributed by atoms with van der Waals surface area (Å²) in [6, 6.07) is 3.72. The van der Waals surface area contributed by atoms with Crippen LogP contribution in [-0.2, 0) is 10.2 Å². The average molecular weight is 429 g/mol. The number of methoxy groups -OCH3 is 1. The maximum Gasteiger partial charge on any atom is 0.265 e. The molecule has 2 heterocycles. The summed E-state index contributed by atoms with van der Waals surface area (Å²) in [6.07, 6.45) is 5.31. The smallest absolute Gasteiger partial charge is 0.265 e. The van der Waals surface area contributed by atoms with Crippen molar-refractivity contribution in [3.05, 3.63) is 29.1 Å². The van der Waals surface area contributed by atoms with E-state index >= 15 is 4.39 Å². The van der Waals surface area contributed by atoms with Gasteiger partial charge in [-0.2, -0.15) is 5.21 Å². The third kappa shape index (κ3) is 3.74. The number of aromatic amines is 1. The highest BCUT2D eigenvalue weighted by Gasteiger charge is 2.54. The van der Waals surface area contributed by atoms with Crippen molar-refractivity contribution in [1.29, 1.82) is 0 Å². The van der Waals surface area contributed by atoms with Crippen LogP contribution in [0.15, 0.2) is 12.1 Å². The zero-order valence-corrected chi connectivity index (χ0v) is 18.0. The first kappa shape index (κ1) is 20.2. The summed E-state index contributed by atoms with van der Waals surface area (Å²) >= 11 is 0. The molecule has 2 unspecified atom stereocenters. The summed E-state index contributed by atoms with van der Waals surface area (Å²) in [6.45, 7) is 3.64. The van der Waals surface area contributed by atoms with Gasteiger partial charge in [-0.25, -0.2) is 4.39 Å². The van der Waals surface area contributed by atoms with Crippen molar-refractivity contribution in [1.82, 2.24) is 25.9 Å². The highest BCUT2D eigenvalue weighted by molar-refractivity contribution is 5.92. The Hall–Kier alpha value is -2.71. The van der Waals surface area contributed by atoms with Crippen molar-refractivity contribution >= 4 is 11.9 Å². The molecule has 2 N–H and O–H groups in total. The van der Waals surface area contributed by atoms with E-state index in [2.05, 4.69) is 37.8 Å². The van der Waals surface area contributed by atoms with Crippen LogP contribution in [0.1, 0.15) is 62.5 Å². The third-order valence-corrected chi connectivity index (χ3v) is 7.02. The van der Waals surface area contributed by atoms with Crippen molar-refractivity contribution < 1.29 is 13.9 Å². The molecule has 1 aromatic heterocycles. The third-order valence-electron chi connectivity index (χ3n) is 7.02. The lowest BCUT2D eigenvalue weighted by Gasteiger charge is -2.27. The number of ether oxygens (including phenoxy) is 1. The van der Waals surface area contributed by atoms with Gasteiger partial charge in [-0.3, -0.25) is 4.79 Å². The minimum absolute atomic E-state index is 0.0393. The Morgan fingerprint density at radius 2 is 2.13 bits per heavy atom. The Morgan fingerprint density at radius 1 is 1.32 bits per heavy atom. The van der Waals surface area contributed by atoms with Crippen molar-refractivity contribution in [3.8, 4) is 5.75 Å². The van der Waals surface area contributed by atoms with E-state index in [-0.39, 0.29) is 29.4 Å². The van der Waals surface area contributed by atoms with Crippen LogP contribution in [0.2, 0.25) is 0 Å². The lowest BCUT2D eigenvalue weighted by molar-refractivity contribution is -0.124. The molecule has 2 atom stereocenters. The fourth-order valence-corrected chi connectivity index (χ4v) is 4.91. The molecule has 0 bridgehead atoms. The molecule has 1 aromatic carbocycles. The highest BCUT2D eigenvalue weighted by atomic mass is 19.1. The van der Waals surface area contributed by atoms with Crippen LogP contribution in [0.3, 0.4) is 0 Å². The molecular formula is C22H29FN6O2. The topological polar surface area (TPSA) is 96.0 Å². The molecule has 3 fully saturated rings. The Labute approximate surface area is 180 Å². The number of hydrogen-bond donors (Lipinski definition) is 2. The molecule has 3 aliphatic rings. The molecule has 9 heteroatoms. The number of amides is 1.